The SMILES string of the molecule is Cc1cc(C(=O)NC2CCC(C(=O)O)C2)c(C)n1C(C)C. The summed E-state index contributed by atoms with van der Waals surface area (Å²) < 4.78 is 2.14. The molecule has 2 atom stereocenters. The van der Waals surface area contributed by atoms with Gasteiger partial charge in [0.1, 0.15) is 0 Å². The molecule has 2 rings (SSSR count). The van der Waals surface area contributed by atoms with Crippen molar-refractivity contribution in [3.63, 3.8) is 0 Å². The molecule has 1 aromatic heterocycles. The number of rotatable bonds is 4. The minimum atomic E-state index is -0.760. The fourth-order valence-corrected chi connectivity index (χ4v) is 3.40. The fourth-order valence-electron chi connectivity index (χ4n) is 3.40. The van der Waals surface area contributed by atoms with Crippen LogP contribution in [-0.4, -0.2) is 27.6 Å². The maximum atomic E-state index is 12.4. The molecule has 1 aliphatic carbocycles. The minimum Gasteiger partial charge on any atom is -0.481 e. The van der Waals surface area contributed by atoms with Gasteiger partial charge in [-0.15, -0.1) is 0 Å². The smallest absolute Gasteiger partial charge is 0.306 e. The Labute approximate surface area is 125 Å². The van der Waals surface area contributed by atoms with Crippen LogP contribution in [0.2, 0.25) is 0 Å². The highest BCUT2D eigenvalue weighted by atomic mass is 16.4. The first kappa shape index (κ1) is 15.6. The molecule has 0 radical (unpaired) electrons. The number of nitrogens with one attached hydrogen (secondary N) is 1. The van der Waals surface area contributed by atoms with Gasteiger partial charge in [0.15, 0.2) is 0 Å². The van der Waals surface area contributed by atoms with E-state index in [4.69, 9.17) is 5.11 Å². The molecule has 1 amide bonds. The molecule has 1 fully saturated rings. The topological polar surface area (TPSA) is 71.3 Å². The number of carbonyl (C=O) groups excluding carboxylic acids is 1. The van der Waals surface area contributed by atoms with Crippen molar-refractivity contribution >= 4 is 11.9 Å². The van der Waals surface area contributed by atoms with Crippen LogP contribution in [0.4, 0.5) is 0 Å². The van der Waals surface area contributed by atoms with Crippen LogP contribution in [0, 0.1) is 19.8 Å². The third-order valence-electron chi connectivity index (χ3n) is 4.36. The van der Waals surface area contributed by atoms with E-state index >= 15 is 0 Å². The molecule has 0 aliphatic heterocycles. The van der Waals surface area contributed by atoms with E-state index in [1.807, 2.05) is 19.9 Å². The molecular formula is C16H24N2O3. The van der Waals surface area contributed by atoms with E-state index in [1.165, 1.54) is 0 Å². The van der Waals surface area contributed by atoms with Gasteiger partial charge in [0.2, 0.25) is 0 Å². The molecule has 1 heterocycles. The molecular weight excluding hydrogens is 268 g/mol. The van der Waals surface area contributed by atoms with Crippen LogP contribution >= 0.6 is 0 Å². The number of hydrogen-bond acceptors (Lipinski definition) is 2. The van der Waals surface area contributed by atoms with E-state index < -0.39 is 5.97 Å². The average molecular weight is 292 g/mol. The molecule has 1 aromatic rings. The maximum Gasteiger partial charge on any atom is 0.306 e. The van der Waals surface area contributed by atoms with Crippen LogP contribution in [0.5, 0.6) is 0 Å². The molecule has 0 bridgehead atoms. The van der Waals surface area contributed by atoms with Crippen LogP contribution in [-0.2, 0) is 4.79 Å². The van der Waals surface area contributed by atoms with Crippen molar-refractivity contribution in [1.29, 1.82) is 0 Å². The van der Waals surface area contributed by atoms with E-state index in [0.29, 0.717) is 24.4 Å². The van der Waals surface area contributed by atoms with Gasteiger partial charge in [-0.1, -0.05) is 0 Å². The summed E-state index contributed by atoms with van der Waals surface area (Å²) in [6, 6.07) is 2.20. The summed E-state index contributed by atoms with van der Waals surface area (Å²) in [5.41, 5.74) is 2.73. The number of carboxylic acid groups (broad SMARTS) is 1. The number of amides is 1. The van der Waals surface area contributed by atoms with Gasteiger partial charge in [0, 0.05) is 23.5 Å². The second-order valence-electron chi connectivity index (χ2n) is 6.27. The largest absolute Gasteiger partial charge is 0.481 e. The van der Waals surface area contributed by atoms with E-state index in [0.717, 1.165) is 17.8 Å². The van der Waals surface area contributed by atoms with Crippen molar-refractivity contribution in [2.75, 3.05) is 0 Å². The zero-order valence-corrected chi connectivity index (χ0v) is 13.1. The van der Waals surface area contributed by atoms with Crippen molar-refractivity contribution < 1.29 is 14.7 Å². The summed E-state index contributed by atoms with van der Waals surface area (Å²) >= 11 is 0. The number of aromatic nitrogens is 1. The summed E-state index contributed by atoms with van der Waals surface area (Å²) in [7, 11) is 0. The highest BCUT2D eigenvalue weighted by Crippen LogP contribution is 2.26. The first-order chi connectivity index (χ1) is 9.81. The van der Waals surface area contributed by atoms with Crippen molar-refractivity contribution in [2.45, 2.75) is 59.0 Å². The van der Waals surface area contributed by atoms with Gasteiger partial charge >= 0.3 is 5.97 Å². The molecule has 0 spiro atoms. The number of carbonyl (C=O) groups is 2. The molecule has 5 nitrogen and oxygen atoms in total. The lowest BCUT2D eigenvalue weighted by molar-refractivity contribution is -0.141. The van der Waals surface area contributed by atoms with E-state index in [1.54, 1.807) is 0 Å². The van der Waals surface area contributed by atoms with Gasteiger partial charge in [-0.3, -0.25) is 9.59 Å². The third-order valence-corrected chi connectivity index (χ3v) is 4.36. The second-order valence-corrected chi connectivity index (χ2v) is 6.27. The molecule has 21 heavy (non-hydrogen) atoms. The lowest BCUT2D eigenvalue weighted by Gasteiger charge is -2.15. The molecule has 1 saturated carbocycles. The van der Waals surface area contributed by atoms with Gasteiger partial charge in [-0.25, -0.2) is 0 Å². The van der Waals surface area contributed by atoms with E-state index in [-0.39, 0.29) is 17.9 Å². The van der Waals surface area contributed by atoms with Crippen molar-refractivity contribution in [3.8, 4) is 0 Å². The molecule has 2 unspecified atom stereocenters. The van der Waals surface area contributed by atoms with Gasteiger partial charge in [0.05, 0.1) is 11.5 Å². The van der Waals surface area contributed by atoms with Crippen LogP contribution in [0.15, 0.2) is 6.07 Å². The Morgan fingerprint density at radius 3 is 2.48 bits per heavy atom. The zero-order chi connectivity index (χ0) is 15.7. The number of nitrogens with zero attached hydrogens (tertiary/aromatic N) is 1. The average Bonchev–Trinajstić information content (AvgIpc) is 2.94. The van der Waals surface area contributed by atoms with Gasteiger partial charge < -0.3 is 15.0 Å². The summed E-state index contributed by atoms with van der Waals surface area (Å²) in [4.78, 5) is 23.4. The Bertz CT molecular complexity index is 560. The highest BCUT2D eigenvalue weighted by Gasteiger charge is 2.31. The molecule has 0 aromatic carbocycles. The van der Waals surface area contributed by atoms with Crippen LogP contribution in [0.25, 0.3) is 0 Å². The maximum absolute atomic E-state index is 12.4. The number of hydrogen-bond donors (Lipinski definition) is 2. The predicted octanol–water partition coefficient (Wildman–Crippen LogP) is 2.67. The van der Waals surface area contributed by atoms with E-state index in [2.05, 4.69) is 23.7 Å². The number of aryl methyl sites for hydroxylation is 1. The normalized spacial score (nSPS) is 21.8. The number of aliphatic carboxylic acids is 1. The summed E-state index contributed by atoms with van der Waals surface area (Å²) in [6.45, 7) is 8.14. The van der Waals surface area contributed by atoms with Gasteiger partial charge in [-0.2, -0.15) is 0 Å². The molecule has 2 N–H and O–H groups in total. The Morgan fingerprint density at radius 2 is 2.00 bits per heavy atom. The van der Waals surface area contributed by atoms with Crippen LogP contribution < -0.4 is 5.32 Å². The molecule has 0 saturated heterocycles. The minimum absolute atomic E-state index is 0.0271. The Balaban J connectivity index is 2.08. The lowest BCUT2D eigenvalue weighted by atomic mass is 10.1. The quantitative estimate of drug-likeness (QED) is 0.896. The Kier molecular flexibility index (Phi) is 4.40. The Hall–Kier alpha value is -1.78. The van der Waals surface area contributed by atoms with E-state index in [9.17, 15) is 9.59 Å². The fraction of sp³-hybridized carbons (Fsp3) is 0.625. The van der Waals surface area contributed by atoms with Crippen molar-refractivity contribution in [1.82, 2.24) is 9.88 Å². The second kappa shape index (κ2) is 5.92. The van der Waals surface area contributed by atoms with Gasteiger partial charge in [0.25, 0.3) is 5.91 Å². The first-order valence-electron chi connectivity index (χ1n) is 7.53. The van der Waals surface area contributed by atoms with Crippen LogP contribution in [0.1, 0.15) is 60.9 Å². The monoisotopic (exact) mass is 292 g/mol. The highest BCUT2D eigenvalue weighted by molar-refractivity contribution is 5.96. The first-order valence-corrected chi connectivity index (χ1v) is 7.53. The third kappa shape index (κ3) is 3.12. The summed E-state index contributed by atoms with van der Waals surface area (Å²) in [6.07, 6.45) is 1.92. The molecule has 1 aliphatic rings. The Morgan fingerprint density at radius 1 is 1.33 bits per heavy atom. The molecule has 116 valence electrons. The van der Waals surface area contributed by atoms with Gasteiger partial charge in [-0.05, 0) is 53.0 Å². The zero-order valence-electron chi connectivity index (χ0n) is 13.1. The number of carboxylic acids is 1. The molecule has 5 heteroatoms. The lowest BCUT2D eigenvalue weighted by Crippen LogP contribution is -2.33. The predicted molar refractivity (Wildman–Crippen MR) is 80.5 cm³/mol. The summed E-state index contributed by atoms with van der Waals surface area (Å²) in [5, 5.41) is 12.0. The van der Waals surface area contributed by atoms with Crippen molar-refractivity contribution in [3.05, 3.63) is 23.0 Å². The standard InChI is InChI=1S/C16H24N2O3/c1-9(2)18-10(3)7-14(11(18)4)15(19)17-13-6-5-12(8-13)16(20)21/h7,9,12-13H,5-6,8H2,1-4H3,(H,17,19)(H,20,21). The summed E-state index contributed by atoms with van der Waals surface area (Å²) in [5.74, 6) is -1.17. The van der Waals surface area contributed by atoms with Crippen molar-refractivity contribution in [2.24, 2.45) is 5.92 Å². The van der Waals surface area contributed by atoms with Crippen LogP contribution in [0.3, 0.4) is 0 Å².